The summed E-state index contributed by atoms with van der Waals surface area (Å²) < 4.78 is 1.71. The quantitative estimate of drug-likeness (QED) is 0.889. The maximum atomic E-state index is 10.5. The van der Waals surface area contributed by atoms with E-state index in [-0.39, 0.29) is 6.42 Å². The maximum Gasteiger partial charge on any atom is 0.309 e. The number of nitrogens with zero attached hydrogens (tertiary/aromatic N) is 2. The molecule has 0 bridgehead atoms. The van der Waals surface area contributed by atoms with Gasteiger partial charge in [0.2, 0.25) is 0 Å². The van der Waals surface area contributed by atoms with Gasteiger partial charge in [0.05, 0.1) is 29.2 Å². The van der Waals surface area contributed by atoms with Crippen molar-refractivity contribution in [3.63, 3.8) is 0 Å². The predicted octanol–water partition coefficient (Wildman–Crippen LogP) is 2.15. The monoisotopic (exact) mass is 236 g/mol. The van der Waals surface area contributed by atoms with Crippen molar-refractivity contribution >= 4 is 17.6 Å². The summed E-state index contributed by atoms with van der Waals surface area (Å²) in [5, 5.41) is 9.22. The molecule has 0 spiro atoms. The summed E-state index contributed by atoms with van der Waals surface area (Å²) >= 11 is 6.01. The average Bonchev–Trinajstić information content (AvgIpc) is 2.66. The van der Waals surface area contributed by atoms with Crippen molar-refractivity contribution in [1.82, 2.24) is 9.55 Å². The van der Waals surface area contributed by atoms with Crippen molar-refractivity contribution in [2.45, 2.75) is 6.42 Å². The summed E-state index contributed by atoms with van der Waals surface area (Å²) in [6.45, 7) is 0. The third-order valence-corrected chi connectivity index (χ3v) is 2.42. The zero-order valence-electron chi connectivity index (χ0n) is 8.30. The normalized spacial score (nSPS) is 10.3. The van der Waals surface area contributed by atoms with E-state index in [1.807, 2.05) is 18.2 Å². The molecule has 0 amide bonds. The van der Waals surface area contributed by atoms with E-state index in [0.717, 1.165) is 5.69 Å². The molecule has 0 aliphatic heterocycles. The molecule has 0 aliphatic carbocycles. The number of carbonyl (C=O) groups is 1. The fraction of sp³-hybridized carbons (Fsp3) is 0.0909. The Kier molecular flexibility index (Phi) is 2.92. The zero-order chi connectivity index (χ0) is 11.5. The lowest BCUT2D eigenvalue weighted by atomic mass is 10.3. The van der Waals surface area contributed by atoms with E-state index in [1.54, 1.807) is 23.2 Å². The van der Waals surface area contributed by atoms with Crippen LogP contribution in [-0.2, 0) is 11.2 Å². The molecule has 0 aliphatic rings. The van der Waals surface area contributed by atoms with Gasteiger partial charge in [0.25, 0.3) is 0 Å². The third-order valence-electron chi connectivity index (χ3n) is 2.10. The molecule has 0 unspecified atom stereocenters. The van der Waals surface area contributed by atoms with E-state index in [0.29, 0.717) is 10.7 Å². The van der Waals surface area contributed by atoms with E-state index in [2.05, 4.69) is 4.98 Å². The fourth-order valence-corrected chi connectivity index (χ4v) is 1.64. The summed E-state index contributed by atoms with van der Waals surface area (Å²) in [4.78, 5) is 14.5. The van der Waals surface area contributed by atoms with Gasteiger partial charge in [-0.05, 0) is 12.1 Å². The van der Waals surface area contributed by atoms with Gasteiger partial charge in [0, 0.05) is 6.20 Å². The summed E-state index contributed by atoms with van der Waals surface area (Å²) in [6.07, 6.45) is 3.13. The number of carboxylic acid groups (broad SMARTS) is 1. The second-order valence-corrected chi connectivity index (χ2v) is 3.70. The number of hydrogen-bond acceptors (Lipinski definition) is 2. The van der Waals surface area contributed by atoms with Gasteiger partial charge in [-0.15, -0.1) is 0 Å². The van der Waals surface area contributed by atoms with Crippen LogP contribution in [-0.4, -0.2) is 20.6 Å². The molecule has 5 heteroatoms. The molecule has 0 fully saturated rings. The van der Waals surface area contributed by atoms with Crippen molar-refractivity contribution in [3.8, 4) is 5.69 Å². The highest BCUT2D eigenvalue weighted by Crippen LogP contribution is 2.19. The number of para-hydroxylation sites is 1. The van der Waals surface area contributed by atoms with Gasteiger partial charge in [0.1, 0.15) is 0 Å². The van der Waals surface area contributed by atoms with Crippen LogP contribution < -0.4 is 0 Å². The van der Waals surface area contributed by atoms with Crippen molar-refractivity contribution < 1.29 is 9.90 Å². The van der Waals surface area contributed by atoms with Crippen LogP contribution in [0.25, 0.3) is 5.69 Å². The summed E-state index contributed by atoms with van der Waals surface area (Å²) in [7, 11) is 0. The van der Waals surface area contributed by atoms with Crippen LogP contribution in [0, 0.1) is 0 Å². The number of hydrogen-bond donors (Lipinski definition) is 1. The second-order valence-electron chi connectivity index (χ2n) is 3.29. The van der Waals surface area contributed by atoms with E-state index < -0.39 is 5.97 Å². The molecule has 0 saturated heterocycles. The molecular weight excluding hydrogens is 228 g/mol. The third kappa shape index (κ3) is 2.23. The minimum Gasteiger partial charge on any atom is -0.481 e. The Hall–Kier alpha value is -1.81. The molecule has 1 aromatic heterocycles. The molecule has 82 valence electrons. The number of aromatic nitrogens is 2. The summed E-state index contributed by atoms with van der Waals surface area (Å²) in [6, 6.07) is 7.31. The van der Waals surface area contributed by atoms with Crippen LogP contribution in [0.1, 0.15) is 5.69 Å². The Balaban J connectivity index is 2.32. The SMILES string of the molecule is O=C(O)Cc1cn(-c2ccccc2Cl)cn1. The molecular formula is C11H9ClN2O2. The predicted molar refractivity (Wildman–Crippen MR) is 59.9 cm³/mol. The molecule has 0 radical (unpaired) electrons. The van der Waals surface area contributed by atoms with Crippen LogP contribution in [0.2, 0.25) is 5.02 Å². The van der Waals surface area contributed by atoms with Gasteiger partial charge in [-0.3, -0.25) is 4.79 Å². The molecule has 1 heterocycles. The first-order valence-electron chi connectivity index (χ1n) is 4.66. The van der Waals surface area contributed by atoms with Gasteiger partial charge in [-0.2, -0.15) is 0 Å². The first kappa shape index (κ1) is 10.7. The molecule has 0 atom stereocenters. The molecule has 0 saturated carbocycles. The summed E-state index contributed by atoms with van der Waals surface area (Å²) in [5.41, 5.74) is 1.29. The van der Waals surface area contributed by atoms with E-state index in [9.17, 15) is 4.79 Å². The first-order chi connectivity index (χ1) is 7.66. The standard InChI is InChI=1S/C11H9ClN2O2/c12-9-3-1-2-4-10(9)14-6-8(13-7-14)5-11(15)16/h1-4,6-7H,5H2,(H,15,16). The van der Waals surface area contributed by atoms with Crippen LogP contribution in [0.5, 0.6) is 0 Å². The minimum atomic E-state index is -0.899. The number of benzene rings is 1. The van der Waals surface area contributed by atoms with Crippen LogP contribution in [0.15, 0.2) is 36.8 Å². The molecule has 1 N–H and O–H groups in total. The Morgan fingerprint density at radius 2 is 2.19 bits per heavy atom. The largest absolute Gasteiger partial charge is 0.481 e. The van der Waals surface area contributed by atoms with E-state index in [1.165, 1.54) is 0 Å². The molecule has 16 heavy (non-hydrogen) atoms. The summed E-state index contributed by atoms with van der Waals surface area (Å²) in [5.74, 6) is -0.899. The number of rotatable bonds is 3. The first-order valence-corrected chi connectivity index (χ1v) is 5.04. The molecule has 4 nitrogen and oxygen atoms in total. The molecule has 2 aromatic rings. The van der Waals surface area contributed by atoms with Gasteiger partial charge in [0.15, 0.2) is 0 Å². The van der Waals surface area contributed by atoms with Gasteiger partial charge < -0.3 is 9.67 Å². The highest BCUT2D eigenvalue weighted by molar-refractivity contribution is 6.32. The van der Waals surface area contributed by atoms with Gasteiger partial charge in [-0.1, -0.05) is 23.7 Å². The van der Waals surface area contributed by atoms with Crippen LogP contribution in [0.4, 0.5) is 0 Å². The zero-order valence-corrected chi connectivity index (χ0v) is 9.05. The van der Waals surface area contributed by atoms with E-state index in [4.69, 9.17) is 16.7 Å². The number of carboxylic acids is 1. The van der Waals surface area contributed by atoms with E-state index >= 15 is 0 Å². The fourth-order valence-electron chi connectivity index (χ4n) is 1.40. The highest BCUT2D eigenvalue weighted by atomic mass is 35.5. The number of imidazole rings is 1. The maximum absolute atomic E-state index is 10.5. The Morgan fingerprint density at radius 3 is 2.88 bits per heavy atom. The van der Waals surface area contributed by atoms with Crippen molar-refractivity contribution in [2.24, 2.45) is 0 Å². The Labute approximate surface area is 97.1 Å². The highest BCUT2D eigenvalue weighted by Gasteiger charge is 2.06. The van der Waals surface area contributed by atoms with Crippen LogP contribution >= 0.6 is 11.6 Å². The van der Waals surface area contributed by atoms with Crippen molar-refractivity contribution in [2.75, 3.05) is 0 Å². The average molecular weight is 237 g/mol. The van der Waals surface area contributed by atoms with Crippen molar-refractivity contribution in [3.05, 3.63) is 47.5 Å². The lowest BCUT2D eigenvalue weighted by molar-refractivity contribution is -0.136. The van der Waals surface area contributed by atoms with Crippen molar-refractivity contribution in [1.29, 1.82) is 0 Å². The van der Waals surface area contributed by atoms with Gasteiger partial charge >= 0.3 is 5.97 Å². The number of aliphatic carboxylic acids is 1. The topological polar surface area (TPSA) is 55.1 Å². The molecule has 2 rings (SSSR count). The smallest absolute Gasteiger partial charge is 0.309 e. The lowest BCUT2D eigenvalue weighted by Crippen LogP contribution is -1.99. The molecule has 1 aromatic carbocycles. The lowest BCUT2D eigenvalue weighted by Gasteiger charge is -2.03. The van der Waals surface area contributed by atoms with Gasteiger partial charge in [-0.25, -0.2) is 4.98 Å². The Bertz CT molecular complexity index is 522. The minimum absolute atomic E-state index is 0.0859. The number of halogens is 1. The Morgan fingerprint density at radius 1 is 1.44 bits per heavy atom. The van der Waals surface area contributed by atoms with Crippen LogP contribution in [0.3, 0.4) is 0 Å². The second kappa shape index (κ2) is 4.37.